The smallest absolute Gasteiger partial charge is 0.409 e. The molecule has 0 saturated heterocycles. The minimum absolute atomic E-state index is 0.0810. The number of nitrogens with zero attached hydrogens (tertiary/aromatic N) is 1. The predicted octanol–water partition coefficient (Wildman–Crippen LogP) is 2.73. The largest absolute Gasteiger partial charge is 0.445 e. The average molecular weight is 318 g/mol. The van der Waals surface area contributed by atoms with Crippen molar-refractivity contribution in [3.63, 3.8) is 0 Å². The lowest BCUT2D eigenvalue weighted by atomic mass is 9.84. The van der Waals surface area contributed by atoms with E-state index in [0.29, 0.717) is 31.1 Å². The molecular weight excluding hydrogens is 292 g/mol. The topological polar surface area (TPSA) is 72.6 Å². The number of Topliss-reactive ketones (excluding diaryl/α,β-unsaturated/α-hetero) is 1. The molecule has 1 aliphatic rings. The highest BCUT2D eigenvalue weighted by molar-refractivity contribution is 5.79. The van der Waals surface area contributed by atoms with E-state index in [-0.39, 0.29) is 18.7 Å². The monoisotopic (exact) mass is 318 g/mol. The summed E-state index contributed by atoms with van der Waals surface area (Å²) in [4.78, 5) is 24.8. The fourth-order valence-electron chi connectivity index (χ4n) is 2.99. The first-order valence-electron chi connectivity index (χ1n) is 8.23. The Balaban J connectivity index is 1.69. The molecule has 0 bridgehead atoms. The molecule has 1 aromatic carbocycles. The molecule has 1 amide bonds. The fourth-order valence-corrected chi connectivity index (χ4v) is 2.99. The van der Waals surface area contributed by atoms with Crippen LogP contribution in [0.25, 0.3) is 0 Å². The van der Waals surface area contributed by atoms with Crippen LogP contribution < -0.4 is 5.73 Å². The number of hydrogen-bond donors (Lipinski definition) is 1. The Morgan fingerprint density at radius 3 is 2.61 bits per heavy atom. The van der Waals surface area contributed by atoms with Gasteiger partial charge in [0.25, 0.3) is 0 Å². The highest BCUT2D eigenvalue weighted by atomic mass is 16.6. The predicted molar refractivity (Wildman–Crippen MR) is 88.8 cm³/mol. The molecule has 2 rings (SSSR count). The van der Waals surface area contributed by atoms with E-state index in [1.807, 2.05) is 30.3 Å². The summed E-state index contributed by atoms with van der Waals surface area (Å²) in [6, 6.07) is 9.51. The first-order valence-corrected chi connectivity index (χ1v) is 8.23. The van der Waals surface area contributed by atoms with Crippen LogP contribution >= 0.6 is 0 Å². The maximum Gasteiger partial charge on any atom is 0.409 e. The van der Waals surface area contributed by atoms with Gasteiger partial charge in [-0.2, -0.15) is 0 Å². The van der Waals surface area contributed by atoms with Gasteiger partial charge >= 0.3 is 6.09 Å². The Kier molecular flexibility index (Phi) is 6.59. The molecule has 5 heteroatoms. The third-order valence-electron chi connectivity index (χ3n) is 4.32. The third kappa shape index (κ3) is 6.02. The molecule has 0 radical (unpaired) electrons. The molecule has 1 aromatic rings. The van der Waals surface area contributed by atoms with Gasteiger partial charge in [0.15, 0.2) is 0 Å². The second-order valence-corrected chi connectivity index (χ2v) is 6.40. The van der Waals surface area contributed by atoms with Crippen LogP contribution in [0.5, 0.6) is 0 Å². The highest BCUT2D eigenvalue weighted by Gasteiger charge is 2.22. The Morgan fingerprint density at radius 1 is 1.30 bits per heavy atom. The maximum atomic E-state index is 12.0. The van der Waals surface area contributed by atoms with Gasteiger partial charge in [-0.25, -0.2) is 4.79 Å². The lowest BCUT2D eigenvalue weighted by Crippen LogP contribution is -2.40. The second kappa shape index (κ2) is 8.67. The van der Waals surface area contributed by atoms with Crippen LogP contribution in [-0.4, -0.2) is 36.4 Å². The van der Waals surface area contributed by atoms with E-state index in [0.717, 1.165) is 24.8 Å². The van der Waals surface area contributed by atoms with Crippen molar-refractivity contribution in [2.75, 3.05) is 13.6 Å². The summed E-state index contributed by atoms with van der Waals surface area (Å²) >= 11 is 0. The van der Waals surface area contributed by atoms with Crippen molar-refractivity contribution in [1.29, 1.82) is 0 Å². The maximum absolute atomic E-state index is 12.0. The van der Waals surface area contributed by atoms with Gasteiger partial charge in [-0.3, -0.25) is 4.79 Å². The van der Waals surface area contributed by atoms with Gasteiger partial charge < -0.3 is 15.4 Å². The molecule has 0 aromatic heterocycles. The number of carbonyl (C=O) groups is 2. The first kappa shape index (κ1) is 17.5. The first-order chi connectivity index (χ1) is 11.0. The summed E-state index contributed by atoms with van der Waals surface area (Å²) in [5, 5.41) is 0. The van der Waals surface area contributed by atoms with Gasteiger partial charge in [-0.05, 0) is 30.7 Å². The molecule has 2 N–H and O–H groups in total. The van der Waals surface area contributed by atoms with Crippen molar-refractivity contribution in [2.45, 2.75) is 44.8 Å². The van der Waals surface area contributed by atoms with Crippen LogP contribution in [0, 0.1) is 5.92 Å². The summed E-state index contributed by atoms with van der Waals surface area (Å²) in [6.07, 6.45) is 3.69. The number of amides is 1. The van der Waals surface area contributed by atoms with E-state index < -0.39 is 0 Å². The summed E-state index contributed by atoms with van der Waals surface area (Å²) in [5.41, 5.74) is 7.11. The fraction of sp³-hybridized carbons (Fsp3) is 0.556. The van der Waals surface area contributed by atoms with E-state index in [4.69, 9.17) is 10.5 Å². The SMILES string of the molecule is CN(C[C@@H](N)CC1CCC(=O)CC1)C(=O)OCc1ccccc1. The van der Waals surface area contributed by atoms with Gasteiger partial charge in [0.1, 0.15) is 12.4 Å². The van der Waals surface area contributed by atoms with Crippen LogP contribution in [0.2, 0.25) is 0 Å². The van der Waals surface area contributed by atoms with Gasteiger partial charge in [0.05, 0.1) is 0 Å². The Labute approximate surface area is 137 Å². The third-order valence-corrected chi connectivity index (χ3v) is 4.32. The highest BCUT2D eigenvalue weighted by Crippen LogP contribution is 2.25. The second-order valence-electron chi connectivity index (χ2n) is 6.40. The number of likely N-dealkylation sites (N-methyl/N-ethyl adjacent to an activating group) is 1. The molecule has 0 heterocycles. The molecule has 1 saturated carbocycles. The normalized spacial score (nSPS) is 16.9. The lowest BCUT2D eigenvalue weighted by Gasteiger charge is -2.26. The number of benzene rings is 1. The zero-order valence-electron chi connectivity index (χ0n) is 13.7. The molecule has 1 aliphatic carbocycles. The van der Waals surface area contributed by atoms with E-state index in [9.17, 15) is 9.59 Å². The quantitative estimate of drug-likeness (QED) is 0.875. The Hall–Kier alpha value is -1.88. The van der Waals surface area contributed by atoms with Crippen molar-refractivity contribution >= 4 is 11.9 Å². The molecule has 0 aliphatic heterocycles. The van der Waals surface area contributed by atoms with Crippen LogP contribution in [0.1, 0.15) is 37.7 Å². The van der Waals surface area contributed by atoms with Crippen molar-refractivity contribution in [3.8, 4) is 0 Å². The van der Waals surface area contributed by atoms with Gasteiger partial charge in [-0.15, -0.1) is 0 Å². The molecule has 1 atom stereocenters. The van der Waals surface area contributed by atoms with E-state index >= 15 is 0 Å². The van der Waals surface area contributed by atoms with E-state index in [1.54, 1.807) is 7.05 Å². The van der Waals surface area contributed by atoms with Crippen LogP contribution in [-0.2, 0) is 16.1 Å². The van der Waals surface area contributed by atoms with Crippen molar-refractivity contribution in [3.05, 3.63) is 35.9 Å². The summed E-state index contributed by atoms with van der Waals surface area (Å²) in [7, 11) is 1.71. The van der Waals surface area contributed by atoms with Crippen molar-refractivity contribution in [2.24, 2.45) is 11.7 Å². The molecule has 1 fully saturated rings. The number of ketones is 1. The zero-order valence-corrected chi connectivity index (χ0v) is 13.7. The number of carbonyl (C=O) groups excluding carboxylic acids is 2. The van der Waals surface area contributed by atoms with Gasteiger partial charge in [0, 0.05) is 32.5 Å². The number of hydrogen-bond acceptors (Lipinski definition) is 4. The Morgan fingerprint density at radius 2 is 1.96 bits per heavy atom. The standard InChI is InChI=1S/C18H26N2O3/c1-20(18(22)23-13-15-5-3-2-4-6-15)12-16(19)11-14-7-9-17(21)10-8-14/h2-6,14,16H,7-13,19H2,1H3/t16-/m0/s1. The van der Waals surface area contributed by atoms with Crippen LogP contribution in [0.15, 0.2) is 30.3 Å². The molecule has 0 spiro atoms. The molecular formula is C18H26N2O3. The lowest BCUT2D eigenvalue weighted by molar-refractivity contribution is -0.121. The van der Waals surface area contributed by atoms with Crippen LogP contribution in [0.4, 0.5) is 4.79 Å². The molecule has 126 valence electrons. The van der Waals surface area contributed by atoms with E-state index in [2.05, 4.69) is 0 Å². The molecule has 0 unspecified atom stereocenters. The Bertz CT molecular complexity index is 508. The number of ether oxygens (including phenoxy) is 1. The minimum Gasteiger partial charge on any atom is -0.445 e. The van der Waals surface area contributed by atoms with Crippen LogP contribution in [0.3, 0.4) is 0 Å². The van der Waals surface area contributed by atoms with Gasteiger partial charge in [-0.1, -0.05) is 30.3 Å². The summed E-state index contributed by atoms with van der Waals surface area (Å²) in [5.74, 6) is 0.855. The minimum atomic E-state index is -0.358. The summed E-state index contributed by atoms with van der Waals surface area (Å²) < 4.78 is 5.28. The average Bonchev–Trinajstić information content (AvgIpc) is 2.55. The molecule has 23 heavy (non-hydrogen) atoms. The summed E-state index contributed by atoms with van der Waals surface area (Å²) in [6.45, 7) is 0.738. The van der Waals surface area contributed by atoms with E-state index in [1.165, 1.54) is 4.90 Å². The van der Waals surface area contributed by atoms with Gasteiger partial charge in [0.2, 0.25) is 0 Å². The number of rotatable bonds is 6. The molecule has 5 nitrogen and oxygen atoms in total. The number of nitrogens with two attached hydrogens (primary N) is 1. The zero-order chi connectivity index (χ0) is 16.7. The van der Waals surface area contributed by atoms with Crippen molar-refractivity contribution in [1.82, 2.24) is 4.90 Å². The van der Waals surface area contributed by atoms with Crippen molar-refractivity contribution < 1.29 is 14.3 Å².